The van der Waals surface area contributed by atoms with Crippen LogP contribution in [0.3, 0.4) is 0 Å². The van der Waals surface area contributed by atoms with Gasteiger partial charge in [0.25, 0.3) is 0 Å². The first-order chi connectivity index (χ1) is 16.6. The molecular formula is C19H30N5O10P. The van der Waals surface area contributed by atoms with Gasteiger partial charge in [-0.1, -0.05) is 6.92 Å². The van der Waals surface area contributed by atoms with Gasteiger partial charge >= 0.3 is 19.9 Å². The second kappa shape index (κ2) is 13.8. The van der Waals surface area contributed by atoms with Crippen LogP contribution in [0.2, 0.25) is 0 Å². The fourth-order valence-electron chi connectivity index (χ4n) is 2.46. The van der Waals surface area contributed by atoms with E-state index in [1.165, 1.54) is 12.7 Å². The van der Waals surface area contributed by atoms with Crippen LogP contribution in [0.25, 0.3) is 11.2 Å². The molecule has 16 heteroatoms. The molecule has 0 spiro atoms. The van der Waals surface area contributed by atoms with Gasteiger partial charge in [0.1, 0.15) is 18.2 Å². The molecule has 0 saturated heterocycles. The van der Waals surface area contributed by atoms with E-state index in [1.807, 2.05) is 6.92 Å². The summed E-state index contributed by atoms with van der Waals surface area (Å²) >= 11 is 0. The molecule has 2 atom stereocenters. The van der Waals surface area contributed by atoms with Crippen LogP contribution in [-0.4, -0.2) is 70.6 Å². The highest BCUT2D eigenvalue weighted by atomic mass is 31.2. The lowest BCUT2D eigenvalue weighted by Gasteiger charge is -2.21. The van der Waals surface area contributed by atoms with Gasteiger partial charge in [-0.2, -0.15) is 0 Å². The lowest BCUT2D eigenvalue weighted by molar-refractivity contribution is -0.0335. The van der Waals surface area contributed by atoms with Crippen LogP contribution < -0.4 is 5.73 Å². The zero-order valence-corrected chi connectivity index (χ0v) is 20.8. The SMILES string of the molecule is CCCOC(=O)OCO[P@](=O)(CO[C@H](C)Cn1cnc2c(N)ncnc21)OCOC(=O)OC(C)C. The number of nitrogens with two attached hydrogens (primary N) is 1. The summed E-state index contributed by atoms with van der Waals surface area (Å²) in [6, 6.07) is 0. The number of fused-ring (bicyclic) bond motifs is 1. The summed E-state index contributed by atoms with van der Waals surface area (Å²) in [6.45, 7) is 5.70. The minimum absolute atomic E-state index is 0.152. The van der Waals surface area contributed by atoms with E-state index in [2.05, 4.69) is 15.0 Å². The van der Waals surface area contributed by atoms with Crippen LogP contribution >= 0.6 is 7.60 Å². The maximum atomic E-state index is 13.1. The topological polar surface area (TPSA) is 185 Å². The van der Waals surface area contributed by atoms with Crippen molar-refractivity contribution in [2.24, 2.45) is 0 Å². The third kappa shape index (κ3) is 9.64. The number of ether oxygens (including phenoxy) is 5. The van der Waals surface area contributed by atoms with Crippen molar-refractivity contribution >= 4 is 36.9 Å². The van der Waals surface area contributed by atoms with Crippen molar-refractivity contribution in [3.05, 3.63) is 12.7 Å². The largest absolute Gasteiger partial charge is 0.510 e. The van der Waals surface area contributed by atoms with Gasteiger partial charge in [0.05, 0.1) is 31.7 Å². The van der Waals surface area contributed by atoms with Crippen LogP contribution in [0.15, 0.2) is 12.7 Å². The molecule has 196 valence electrons. The van der Waals surface area contributed by atoms with E-state index in [9.17, 15) is 14.2 Å². The number of nitrogens with zero attached hydrogens (tertiary/aromatic N) is 4. The third-order valence-electron chi connectivity index (χ3n) is 4.01. The van der Waals surface area contributed by atoms with Gasteiger partial charge < -0.3 is 34.0 Å². The highest BCUT2D eigenvalue weighted by Crippen LogP contribution is 2.48. The summed E-state index contributed by atoms with van der Waals surface area (Å²) in [5.74, 6) is 0.238. The van der Waals surface area contributed by atoms with Crippen LogP contribution in [0.1, 0.15) is 34.1 Å². The number of carbonyl (C=O) groups excluding carboxylic acids is 2. The minimum atomic E-state index is -4.05. The van der Waals surface area contributed by atoms with Gasteiger partial charge in [0.15, 0.2) is 11.5 Å². The normalized spacial score (nSPS) is 13.9. The number of rotatable bonds is 14. The summed E-state index contributed by atoms with van der Waals surface area (Å²) < 4.78 is 49.6. The fraction of sp³-hybridized carbons (Fsp3) is 0.632. The molecule has 35 heavy (non-hydrogen) atoms. The Morgan fingerprint density at radius 3 is 2.40 bits per heavy atom. The first-order valence-corrected chi connectivity index (χ1v) is 12.4. The standard InChI is InChI=1S/C19H30N5O10P/c1-5-6-28-18(25)29-10-32-35(27,33-11-30-19(26)34-13(2)3)12-31-14(4)7-24-9-23-15-16(20)21-8-22-17(15)24/h8-9,13-14H,5-7,10-12H2,1-4H3,(H2,20,21,22)/t14-,35-/m1/s1. The van der Waals surface area contributed by atoms with Crippen LogP contribution in [0.5, 0.6) is 0 Å². The molecule has 2 rings (SSSR count). The molecule has 0 aromatic carbocycles. The van der Waals surface area contributed by atoms with Crippen LogP contribution in [-0.2, 0) is 43.8 Å². The molecule has 2 heterocycles. The number of aromatic nitrogens is 4. The maximum absolute atomic E-state index is 13.1. The van der Waals surface area contributed by atoms with Crippen molar-refractivity contribution in [2.45, 2.75) is 52.9 Å². The summed E-state index contributed by atoms with van der Waals surface area (Å²) in [4.78, 5) is 35.2. The van der Waals surface area contributed by atoms with Gasteiger partial charge in [-0.3, -0.25) is 13.6 Å². The number of hydrogen-bond acceptors (Lipinski definition) is 14. The predicted molar refractivity (Wildman–Crippen MR) is 120 cm³/mol. The minimum Gasteiger partial charge on any atom is -0.434 e. The molecule has 0 amide bonds. The van der Waals surface area contributed by atoms with Gasteiger partial charge in [0.2, 0.25) is 13.6 Å². The van der Waals surface area contributed by atoms with Crippen molar-refractivity contribution < 1.29 is 46.9 Å². The van der Waals surface area contributed by atoms with Gasteiger partial charge in [-0.25, -0.2) is 24.5 Å². The molecule has 0 aliphatic carbocycles. The molecule has 0 bridgehead atoms. The van der Waals surface area contributed by atoms with E-state index in [0.29, 0.717) is 17.6 Å². The number of imidazole rings is 1. The van der Waals surface area contributed by atoms with E-state index in [0.717, 1.165) is 0 Å². The molecule has 0 aliphatic rings. The Bertz CT molecular complexity index is 1020. The number of hydrogen-bond donors (Lipinski definition) is 1. The highest BCUT2D eigenvalue weighted by Gasteiger charge is 2.28. The third-order valence-corrected chi connectivity index (χ3v) is 5.47. The van der Waals surface area contributed by atoms with E-state index >= 15 is 0 Å². The molecule has 0 aliphatic heterocycles. The summed E-state index contributed by atoms with van der Waals surface area (Å²) in [6.07, 6.45) is -0.0833. The summed E-state index contributed by atoms with van der Waals surface area (Å²) in [5.41, 5.74) is 6.73. The molecule has 2 N–H and O–H groups in total. The number of carbonyl (C=O) groups is 2. The number of nitrogen functional groups attached to an aromatic ring is 1. The second-order valence-electron chi connectivity index (χ2n) is 7.34. The maximum Gasteiger partial charge on any atom is 0.510 e. The van der Waals surface area contributed by atoms with E-state index in [1.54, 1.807) is 25.3 Å². The predicted octanol–water partition coefficient (Wildman–Crippen LogP) is 3.04. The Kier molecular flexibility index (Phi) is 11.1. The molecule has 2 aromatic rings. The summed E-state index contributed by atoms with van der Waals surface area (Å²) in [7, 11) is -4.05. The molecule has 0 unspecified atom stereocenters. The van der Waals surface area contributed by atoms with Crippen LogP contribution in [0.4, 0.5) is 15.4 Å². The summed E-state index contributed by atoms with van der Waals surface area (Å²) in [5, 5.41) is 0. The quantitative estimate of drug-likeness (QED) is 0.218. The fourth-order valence-corrected chi connectivity index (χ4v) is 3.54. The highest BCUT2D eigenvalue weighted by molar-refractivity contribution is 7.53. The molecule has 2 aromatic heterocycles. The molecule has 0 fully saturated rings. The van der Waals surface area contributed by atoms with E-state index in [4.69, 9.17) is 38.5 Å². The Labute approximate surface area is 201 Å². The zero-order chi connectivity index (χ0) is 25.8. The van der Waals surface area contributed by atoms with Crippen molar-refractivity contribution in [1.29, 1.82) is 0 Å². The lowest BCUT2D eigenvalue weighted by Crippen LogP contribution is -2.20. The smallest absolute Gasteiger partial charge is 0.434 e. The first-order valence-electron chi connectivity index (χ1n) is 10.7. The van der Waals surface area contributed by atoms with Gasteiger partial charge in [-0.05, 0) is 27.2 Å². The van der Waals surface area contributed by atoms with Crippen molar-refractivity contribution in [1.82, 2.24) is 19.5 Å². The van der Waals surface area contributed by atoms with E-state index < -0.39 is 52.0 Å². The average Bonchev–Trinajstić information content (AvgIpc) is 3.20. The van der Waals surface area contributed by atoms with E-state index in [-0.39, 0.29) is 19.0 Å². The van der Waals surface area contributed by atoms with Gasteiger partial charge in [-0.15, -0.1) is 0 Å². The van der Waals surface area contributed by atoms with Crippen LogP contribution in [0, 0.1) is 0 Å². The molecule has 0 radical (unpaired) electrons. The molecule has 0 saturated carbocycles. The van der Waals surface area contributed by atoms with Crippen molar-refractivity contribution in [3.8, 4) is 0 Å². The second-order valence-corrected chi connectivity index (χ2v) is 9.34. The Hall–Kier alpha value is -3.00. The number of anilines is 1. The zero-order valence-electron chi connectivity index (χ0n) is 19.9. The first kappa shape index (κ1) is 28.2. The average molecular weight is 519 g/mol. The van der Waals surface area contributed by atoms with Crippen molar-refractivity contribution in [2.75, 3.05) is 32.3 Å². The van der Waals surface area contributed by atoms with Crippen molar-refractivity contribution in [3.63, 3.8) is 0 Å². The monoisotopic (exact) mass is 519 g/mol. The Morgan fingerprint density at radius 2 is 1.74 bits per heavy atom. The lowest BCUT2D eigenvalue weighted by atomic mass is 10.4. The van der Waals surface area contributed by atoms with Gasteiger partial charge in [0, 0.05) is 0 Å². The Morgan fingerprint density at radius 1 is 1.06 bits per heavy atom. The molecule has 15 nitrogen and oxygen atoms in total. The Balaban J connectivity index is 1.94. The molecular weight excluding hydrogens is 489 g/mol.